The van der Waals surface area contributed by atoms with Crippen molar-refractivity contribution in [3.05, 3.63) is 50.1 Å². The molecule has 0 fully saturated rings. The summed E-state index contributed by atoms with van der Waals surface area (Å²) in [4.78, 5) is 12.8. The quantitative estimate of drug-likeness (QED) is 0.850. The number of halogens is 2. The third-order valence-electron chi connectivity index (χ3n) is 2.41. The van der Waals surface area contributed by atoms with E-state index in [0.29, 0.717) is 11.6 Å². The molecule has 3 nitrogen and oxygen atoms in total. The molecule has 2 rings (SSSR count). The van der Waals surface area contributed by atoms with E-state index in [1.807, 2.05) is 29.6 Å². The fourth-order valence-corrected chi connectivity index (χ4v) is 2.85. The van der Waals surface area contributed by atoms with Crippen molar-refractivity contribution in [1.82, 2.24) is 5.32 Å². The van der Waals surface area contributed by atoms with Crippen molar-refractivity contribution in [3.8, 4) is 0 Å². The average Bonchev–Trinajstić information content (AvgIpc) is 2.88. The van der Waals surface area contributed by atoms with E-state index in [1.165, 1.54) is 0 Å². The Morgan fingerprint density at radius 2 is 2.21 bits per heavy atom. The lowest BCUT2D eigenvalue weighted by atomic mass is 10.3. The molecule has 0 radical (unpaired) electrons. The minimum absolute atomic E-state index is 0.0626. The van der Waals surface area contributed by atoms with E-state index in [2.05, 4.69) is 26.6 Å². The SMILES string of the molecule is O=C(CNc1ccc(Br)cc1Cl)NCc1cccs1. The molecule has 6 heteroatoms. The Morgan fingerprint density at radius 3 is 2.89 bits per heavy atom. The van der Waals surface area contributed by atoms with Gasteiger partial charge in [-0.1, -0.05) is 33.6 Å². The molecule has 1 aromatic heterocycles. The van der Waals surface area contributed by atoms with Crippen LogP contribution in [0.2, 0.25) is 5.02 Å². The fraction of sp³-hybridized carbons (Fsp3) is 0.154. The van der Waals surface area contributed by atoms with Crippen LogP contribution in [0.1, 0.15) is 4.88 Å². The van der Waals surface area contributed by atoms with Gasteiger partial charge in [-0.05, 0) is 29.6 Å². The maximum atomic E-state index is 11.7. The summed E-state index contributed by atoms with van der Waals surface area (Å²) in [7, 11) is 0. The molecule has 2 N–H and O–H groups in total. The van der Waals surface area contributed by atoms with Crippen LogP contribution in [0, 0.1) is 0 Å². The van der Waals surface area contributed by atoms with Crippen LogP contribution in [0.15, 0.2) is 40.2 Å². The van der Waals surface area contributed by atoms with Crippen molar-refractivity contribution in [3.63, 3.8) is 0 Å². The molecule has 1 aromatic carbocycles. The summed E-state index contributed by atoms with van der Waals surface area (Å²) in [5, 5.41) is 8.42. The van der Waals surface area contributed by atoms with Gasteiger partial charge in [0.15, 0.2) is 0 Å². The van der Waals surface area contributed by atoms with E-state index in [9.17, 15) is 4.79 Å². The number of amides is 1. The molecule has 1 amide bonds. The summed E-state index contributed by atoms with van der Waals surface area (Å²) >= 11 is 11.0. The summed E-state index contributed by atoms with van der Waals surface area (Å²) in [6, 6.07) is 9.44. The third-order valence-corrected chi connectivity index (χ3v) is 4.09. The standard InChI is InChI=1S/C13H12BrClN2OS/c14-9-3-4-12(11(15)6-9)16-8-13(18)17-7-10-2-1-5-19-10/h1-6,16H,7-8H2,(H,17,18). The first-order valence-electron chi connectivity index (χ1n) is 5.63. The van der Waals surface area contributed by atoms with Gasteiger partial charge in [0.05, 0.1) is 23.8 Å². The number of rotatable bonds is 5. The monoisotopic (exact) mass is 358 g/mol. The highest BCUT2D eigenvalue weighted by atomic mass is 79.9. The van der Waals surface area contributed by atoms with Gasteiger partial charge in [-0.3, -0.25) is 4.79 Å². The lowest BCUT2D eigenvalue weighted by Crippen LogP contribution is -2.29. The molecule has 0 atom stereocenters. The van der Waals surface area contributed by atoms with E-state index in [-0.39, 0.29) is 12.5 Å². The average molecular weight is 360 g/mol. The number of carbonyl (C=O) groups is 1. The van der Waals surface area contributed by atoms with E-state index in [4.69, 9.17) is 11.6 Å². The van der Waals surface area contributed by atoms with Crippen LogP contribution in [-0.2, 0) is 11.3 Å². The molecule has 1 heterocycles. The zero-order chi connectivity index (χ0) is 13.7. The number of thiophene rings is 1. The van der Waals surface area contributed by atoms with Gasteiger partial charge in [0.25, 0.3) is 0 Å². The molecule has 0 aliphatic carbocycles. The van der Waals surface area contributed by atoms with Gasteiger partial charge in [-0.15, -0.1) is 11.3 Å². The molecule has 2 aromatic rings. The van der Waals surface area contributed by atoms with Crippen molar-refractivity contribution in [1.29, 1.82) is 0 Å². The predicted octanol–water partition coefficient (Wildman–Crippen LogP) is 3.89. The molecule has 0 aliphatic heterocycles. The molecule has 0 unspecified atom stereocenters. The van der Waals surface area contributed by atoms with E-state index >= 15 is 0 Å². The van der Waals surface area contributed by atoms with Crippen molar-refractivity contribution in [2.45, 2.75) is 6.54 Å². The van der Waals surface area contributed by atoms with E-state index in [1.54, 1.807) is 17.4 Å². The second kappa shape index (κ2) is 6.93. The van der Waals surface area contributed by atoms with Crippen LogP contribution >= 0.6 is 38.9 Å². The van der Waals surface area contributed by atoms with Crippen LogP contribution in [0.3, 0.4) is 0 Å². The molecule has 0 bridgehead atoms. The first kappa shape index (κ1) is 14.4. The molecule has 0 spiro atoms. The number of hydrogen-bond acceptors (Lipinski definition) is 3. The lowest BCUT2D eigenvalue weighted by molar-refractivity contribution is -0.119. The first-order chi connectivity index (χ1) is 9.15. The maximum absolute atomic E-state index is 11.7. The van der Waals surface area contributed by atoms with Gasteiger partial charge in [0.2, 0.25) is 5.91 Å². The largest absolute Gasteiger partial charge is 0.375 e. The maximum Gasteiger partial charge on any atom is 0.239 e. The summed E-state index contributed by atoms with van der Waals surface area (Å²) in [5.74, 6) is -0.0626. The minimum Gasteiger partial charge on any atom is -0.375 e. The van der Waals surface area contributed by atoms with Gasteiger partial charge in [0, 0.05) is 9.35 Å². The molecule has 0 saturated heterocycles. The van der Waals surface area contributed by atoms with Gasteiger partial charge < -0.3 is 10.6 Å². The summed E-state index contributed by atoms with van der Waals surface area (Å²) in [6.07, 6.45) is 0. The van der Waals surface area contributed by atoms with Crippen molar-refractivity contribution in [2.75, 3.05) is 11.9 Å². The zero-order valence-corrected chi connectivity index (χ0v) is 13.1. The fourth-order valence-electron chi connectivity index (χ4n) is 1.47. The molecule has 0 aliphatic rings. The Labute approximate surface area is 129 Å². The third kappa shape index (κ3) is 4.53. The Hall–Kier alpha value is -1.04. The van der Waals surface area contributed by atoms with Crippen molar-refractivity contribution < 1.29 is 4.79 Å². The Balaban J connectivity index is 1.80. The molecule has 100 valence electrons. The molecular formula is C13H12BrClN2OS. The smallest absolute Gasteiger partial charge is 0.239 e. The van der Waals surface area contributed by atoms with E-state index in [0.717, 1.165) is 15.0 Å². The molecule has 0 saturated carbocycles. The number of hydrogen-bond donors (Lipinski definition) is 2. The number of nitrogens with one attached hydrogen (secondary N) is 2. The highest BCUT2D eigenvalue weighted by Crippen LogP contribution is 2.25. The number of anilines is 1. The van der Waals surface area contributed by atoms with Crippen LogP contribution in [0.4, 0.5) is 5.69 Å². The lowest BCUT2D eigenvalue weighted by Gasteiger charge is -2.09. The Bertz CT molecular complexity index is 560. The summed E-state index contributed by atoms with van der Waals surface area (Å²) in [5.41, 5.74) is 0.746. The van der Waals surface area contributed by atoms with Gasteiger partial charge in [-0.25, -0.2) is 0 Å². The van der Waals surface area contributed by atoms with Crippen LogP contribution in [-0.4, -0.2) is 12.5 Å². The molecular weight excluding hydrogens is 348 g/mol. The zero-order valence-electron chi connectivity index (χ0n) is 9.95. The topological polar surface area (TPSA) is 41.1 Å². The highest BCUT2D eigenvalue weighted by molar-refractivity contribution is 9.10. The predicted molar refractivity (Wildman–Crippen MR) is 83.8 cm³/mol. The normalized spacial score (nSPS) is 10.2. The van der Waals surface area contributed by atoms with Crippen LogP contribution < -0.4 is 10.6 Å². The second-order valence-electron chi connectivity index (χ2n) is 3.83. The minimum atomic E-state index is -0.0626. The van der Waals surface area contributed by atoms with Gasteiger partial charge in [0.1, 0.15) is 0 Å². The summed E-state index contributed by atoms with van der Waals surface area (Å²) in [6.45, 7) is 0.763. The molecule has 19 heavy (non-hydrogen) atoms. The number of carbonyl (C=O) groups excluding carboxylic acids is 1. The van der Waals surface area contributed by atoms with Crippen LogP contribution in [0.5, 0.6) is 0 Å². The highest BCUT2D eigenvalue weighted by Gasteiger charge is 2.04. The van der Waals surface area contributed by atoms with E-state index < -0.39 is 0 Å². The van der Waals surface area contributed by atoms with Gasteiger partial charge >= 0.3 is 0 Å². The summed E-state index contributed by atoms with van der Waals surface area (Å²) < 4.78 is 0.908. The first-order valence-corrected chi connectivity index (χ1v) is 7.68. The van der Waals surface area contributed by atoms with Crippen LogP contribution in [0.25, 0.3) is 0 Å². The number of benzene rings is 1. The van der Waals surface area contributed by atoms with Crippen molar-refractivity contribution in [2.24, 2.45) is 0 Å². The second-order valence-corrected chi connectivity index (χ2v) is 6.19. The van der Waals surface area contributed by atoms with Crippen molar-refractivity contribution >= 4 is 50.5 Å². The van der Waals surface area contributed by atoms with Gasteiger partial charge in [-0.2, -0.15) is 0 Å². The Morgan fingerprint density at radius 1 is 1.37 bits per heavy atom. The Kier molecular flexibility index (Phi) is 5.24.